The summed E-state index contributed by atoms with van der Waals surface area (Å²) in [6.45, 7) is 19.5. The summed E-state index contributed by atoms with van der Waals surface area (Å²) in [6.07, 6.45) is 14.0. The van der Waals surface area contributed by atoms with E-state index in [4.69, 9.17) is 20.1 Å². The van der Waals surface area contributed by atoms with E-state index in [1.807, 2.05) is 6.92 Å². The number of carbonyl (C=O) groups is 1. The Bertz CT molecular complexity index is 1660. The van der Waals surface area contributed by atoms with Gasteiger partial charge >= 0.3 is 0 Å². The van der Waals surface area contributed by atoms with Crippen LogP contribution in [0.2, 0.25) is 0 Å². The highest BCUT2D eigenvalue weighted by Crippen LogP contribution is 2.42. The molecule has 0 fully saturated rings. The van der Waals surface area contributed by atoms with E-state index in [-0.39, 0.29) is 11.5 Å². The van der Waals surface area contributed by atoms with Gasteiger partial charge in [-0.3, -0.25) is 4.79 Å². The van der Waals surface area contributed by atoms with Gasteiger partial charge in [0.1, 0.15) is 28.0 Å². The van der Waals surface area contributed by atoms with Crippen LogP contribution < -0.4 is 4.90 Å². The molecule has 2 aromatic heterocycles. The quantitative estimate of drug-likeness (QED) is 0.109. The van der Waals surface area contributed by atoms with Crippen LogP contribution in [-0.4, -0.2) is 44.5 Å². The summed E-state index contributed by atoms with van der Waals surface area (Å²) in [7, 11) is 0. The van der Waals surface area contributed by atoms with E-state index in [1.165, 1.54) is 48.8 Å². The number of anilines is 1. The Morgan fingerprint density at radius 3 is 2.00 bits per heavy atom. The van der Waals surface area contributed by atoms with Gasteiger partial charge in [0.15, 0.2) is 16.8 Å². The lowest BCUT2D eigenvalue weighted by atomic mass is 9.96. The number of nitrogens with zero attached hydrogens (tertiary/aromatic N) is 7. The molecular formula is C42H61N7OS. The molecule has 0 saturated carbocycles. The summed E-state index contributed by atoms with van der Waals surface area (Å²) in [4.78, 5) is 32.0. The average Bonchev–Trinajstić information content (AvgIpc) is 3.78. The van der Waals surface area contributed by atoms with Crippen molar-refractivity contribution in [1.29, 1.82) is 5.26 Å². The van der Waals surface area contributed by atoms with E-state index in [9.17, 15) is 10.1 Å². The molecule has 1 aliphatic rings. The summed E-state index contributed by atoms with van der Waals surface area (Å²) in [5, 5.41) is 16.8. The molecular weight excluding hydrogens is 651 g/mol. The number of carbonyl (C=O) groups excluding carboxylic acids is 1. The maximum Gasteiger partial charge on any atom is 0.291 e. The molecule has 8 nitrogen and oxygen atoms in total. The molecule has 0 spiro atoms. The fraction of sp³-hybridized carbons (Fsp3) is 0.619. The van der Waals surface area contributed by atoms with Crippen molar-refractivity contribution in [2.45, 2.75) is 145 Å². The van der Waals surface area contributed by atoms with Crippen LogP contribution in [0.3, 0.4) is 0 Å². The minimum atomic E-state index is -0.419. The first-order valence-corrected chi connectivity index (χ1v) is 20.7. The number of aryl methyl sites for hydroxylation is 1. The van der Waals surface area contributed by atoms with E-state index >= 15 is 0 Å². The minimum absolute atomic E-state index is 0.0912. The lowest BCUT2D eigenvalue weighted by Crippen LogP contribution is -2.34. The number of thiazole rings is 1. The summed E-state index contributed by atoms with van der Waals surface area (Å²) >= 11 is 1.62. The monoisotopic (exact) mass is 711 g/mol. The fourth-order valence-electron chi connectivity index (χ4n) is 7.03. The first-order chi connectivity index (χ1) is 24.8. The van der Waals surface area contributed by atoms with Gasteiger partial charge in [-0.1, -0.05) is 141 Å². The molecule has 276 valence electrons. The second-order valence-corrected chi connectivity index (χ2v) is 15.2. The first-order valence-electron chi connectivity index (χ1n) is 19.8. The van der Waals surface area contributed by atoms with E-state index in [0.29, 0.717) is 41.2 Å². The summed E-state index contributed by atoms with van der Waals surface area (Å²) in [5.74, 6) is 1.98. The highest BCUT2D eigenvalue weighted by atomic mass is 32.1. The van der Waals surface area contributed by atoms with Crippen LogP contribution >= 0.6 is 11.3 Å². The number of unbranched alkanes of at least 4 members (excludes halogenated alkanes) is 3. The van der Waals surface area contributed by atoms with Gasteiger partial charge in [0.2, 0.25) is 0 Å². The van der Waals surface area contributed by atoms with Crippen LogP contribution in [0.25, 0.3) is 11.3 Å². The number of aliphatic imine (C=N–C) groups is 1. The molecule has 0 saturated heterocycles. The van der Waals surface area contributed by atoms with Crippen LogP contribution in [0.15, 0.2) is 40.4 Å². The number of allylic oxidation sites excluding steroid dienone is 2. The van der Waals surface area contributed by atoms with Crippen molar-refractivity contribution >= 4 is 33.1 Å². The Morgan fingerprint density at radius 2 is 1.47 bits per heavy atom. The van der Waals surface area contributed by atoms with E-state index in [1.54, 1.807) is 11.3 Å². The topological polar surface area (TPSA) is 100 Å². The van der Waals surface area contributed by atoms with Crippen LogP contribution in [-0.2, 0) is 0 Å². The summed E-state index contributed by atoms with van der Waals surface area (Å²) in [6, 6.07) is 10.7. The smallest absolute Gasteiger partial charge is 0.291 e. The van der Waals surface area contributed by atoms with Gasteiger partial charge < -0.3 is 4.90 Å². The molecule has 0 aliphatic carbocycles. The number of hydrogen-bond donors (Lipinski definition) is 0. The number of aromatic nitrogens is 4. The van der Waals surface area contributed by atoms with Crippen molar-refractivity contribution in [3.05, 3.63) is 52.6 Å². The van der Waals surface area contributed by atoms with Gasteiger partial charge in [0.25, 0.3) is 5.91 Å². The largest absolute Gasteiger partial charge is 0.347 e. The second kappa shape index (κ2) is 19.8. The highest BCUT2D eigenvalue weighted by Gasteiger charge is 2.35. The van der Waals surface area contributed by atoms with Crippen molar-refractivity contribution in [1.82, 2.24) is 19.7 Å². The molecule has 0 bridgehead atoms. The van der Waals surface area contributed by atoms with Crippen molar-refractivity contribution < 1.29 is 4.79 Å². The Hall–Kier alpha value is -3.64. The normalized spacial score (nSPS) is 15.6. The van der Waals surface area contributed by atoms with E-state index in [0.717, 1.165) is 73.0 Å². The molecule has 3 aromatic rings. The molecule has 0 radical (unpaired) electrons. The van der Waals surface area contributed by atoms with Gasteiger partial charge in [-0.2, -0.15) is 9.94 Å². The first kappa shape index (κ1) is 40.1. The van der Waals surface area contributed by atoms with Crippen LogP contribution in [0.4, 0.5) is 10.1 Å². The summed E-state index contributed by atoms with van der Waals surface area (Å²) < 4.78 is 1.33. The van der Waals surface area contributed by atoms with Gasteiger partial charge in [0.05, 0.1) is 0 Å². The molecule has 4 rings (SSSR count). The van der Waals surface area contributed by atoms with Crippen LogP contribution in [0.5, 0.6) is 0 Å². The van der Waals surface area contributed by atoms with Gasteiger partial charge in [0, 0.05) is 30.1 Å². The zero-order valence-corrected chi connectivity index (χ0v) is 33.4. The molecule has 0 N–H and O–H groups in total. The lowest BCUT2D eigenvalue weighted by molar-refractivity contribution is 0.0940. The number of nitriles is 1. The molecule has 3 atom stereocenters. The number of rotatable bonds is 21. The molecule has 0 amide bonds. The Balaban J connectivity index is 1.93. The standard InChI is InChI=1S/C42H61N7OS/c1-9-16-19-30(12-4)27-48(28-31(13-5)20-17-10-2)42-45-36(33-24-22-29(8)23-25-33)40(51-42)44-37-34(15-7)35(26-43)41(50)49-39(37)46-38(47-49)32(14-6)21-18-11-3/h22-25,30-32H,9-21,27-28H2,1-8H3. The maximum absolute atomic E-state index is 13.7. The van der Waals surface area contributed by atoms with E-state index in [2.05, 4.69) is 83.7 Å². The Kier molecular flexibility index (Phi) is 15.6. The van der Waals surface area contributed by atoms with Crippen molar-refractivity contribution in [2.24, 2.45) is 16.8 Å². The second-order valence-electron chi connectivity index (χ2n) is 14.3. The Labute approximate surface area is 311 Å². The zero-order chi connectivity index (χ0) is 36.9. The zero-order valence-electron chi connectivity index (χ0n) is 32.6. The van der Waals surface area contributed by atoms with Crippen LogP contribution in [0.1, 0.15) is 160 Å². The maximum atomic E-state index is 13.7. The molecule has 3 unspecified atom stereocenters. The summed E-state index contributed by atoms with van der Waals surface area (Å²) in [5.41, 5.74) is 4.27. The van der Waals surface area contributed by atoms with Crippen molar-refractivity contribution in [3.63, 3.8) is 0 Å². The molecule has 1 aromatic carbocycles. The van der Waals surface area contributed by atoms with Crippen molar-refractivity contribution in [3.8, 4) is 17.3 Å². The average molecular weight is 712 g/mol. The molecule has 3 heterocycles. The minimum Gasteiger partial charge on any atom is -0.347 e. The molecule has 1 aliphatic heterocycles. The third kappa shape index (κ3) is 9.83. The van der Waals surface area contributed by atoms with Gasteiger partial charge in [-0.25, -0.2) is 15.0 Å². The van der Waals surface area contributed by atoms with E-state index < -0.39 is 5.91 Å². The van der Waals surface area contributed by atoms with Crippen molar-refractivity contribution in [2.75, 3.05) is 18.0 Å². The number of hydrogen-bond acceptors (Lipinski definition) is 8. The molecule has 51 heavy (non-hydrogen) atoms. The third-order valence-electron chi connectivity index (χ3n) is 10.5. The SMILES string of the molecule is CCCCC(CC)CN(CC(CC)CCCC)c1nc(-c2ccc(C)cc2)c(N=C2C(CC)=C(C#N)C(=O)n3nc(C(CC)CCCC)nc32)s1. The predicted octanol–water partition coefficient (Wildman–Crippen LogP) is 11.6. The lowest BCUT2D eigenvalue weighted by Gasteiger charge is -2.30. The third-order valence-corrected chi connectivity index (χ3v) is 11.5. The van der Waals surface area contributed by atoms with Crippen LogP contribution in [0, 0.1) is 30.1 Å². The predicted molar refractivity (Wildman–Crippen MR) is 213 cm³/mol. The molecule has 9 heteroatoms. The van der Waals surface area contributed by atoms with Gasteiger partial charge in [-0.05, 0) is 50.9 Å². The number of benzene rings is 1. The number of fused-ring (bicyclic) bond motifs is 1. The fourth-order valence-corrected chi connectivity index (χ4v) is 8.01. The Morgan fingerprint density at radius 1 is 0.863 bits per heavy atom. The van der Waals surface area contributed by atoms with Gasteiger partial charge in [-0.15, -0.1) is 5.10 Å². The highest BCUT2D eigenvalue weighted by molar-refractivity contribution is 7.19.